The predicted molar refractivity (Wildman–Crippen MR) is 78.2 cm³/mol. The van der Waals surface area contributed by atoms with Gasteiger partial charge in [-0.3, -0.25) is 9.59 Å². The van der Waals surface area contributed by atoms with Crippen LogP contribution in [0.5, 0.6) is 0 Å². The third kappa shape index (κ3) is 3.07. The minimum absolute atomic E-state index is 0.0358. The first-order chi connectivity index (χ1) is 9.72. The standard InChI is InChI=1S/C16H18N2O2/c19-15(17-13-6-7-13)10-5-12-3-8-14(9-4-12)18-11-1-2-16(18)20/h3-5,8-10,13H,1-2,6-7,11H2,(H,17,19)/b10-5+. The van der Waals surface area contributed by atoms with Crippen LogP contribution in [0.2, 0.25) is 0 Å². The van der Waals surface area contributed by atoms with Gasteiger partial charge in [-0.1, -0.05) is 12.1 Å². The van der Waals surface area contributed by atoms with Crippen LogP contribution in [0.1, 0.15) is 31.2 Å². The Hall–Kier alpha value is -2.10. The van der Waals surface area contributed by atoms with E-state index in [0.29, 0.717) is 12.5 Å². The van der Waals surface area contributed by atoms with E-state index >= 15 is 0 Å². The molecular formula is C16H18N2O2. The maximum atomic E-state index is 11.6. The van der Waals surface area contributed by atoms with Crippen molar-refractivity contribution in [2.24, 2.45) is 0 Å². The summed E-state index contributed by atoms with van der Waals surface area (Å²) in [7, 11) is 0. The van der Waals surface area contributed by atoms with Crippen molar-refractivity contribution in [2.45, 2.75) is 31.7 Å². The van der Waals surface area contributed by atoms with Crippen LogP contribution in [-0.2, 0) is 9.59 Å². The Kier molecular flexibility index (Phi) is 3.54. The van der Waals surface area contributed by atoms with E-state index < -0.39 is 0 Å². The van der Waals surface area contributed by atoms with E-state index in [2.05, 4.69) is 5.32 Å². The van der Waals surface area contributed by atoms with Crippen LogP contribution in [0.25, 0.3) is 6.08 Å². The SMILES string of the molecule is O=C(/C=C/c1ccc(N2CCCC2=O)cc1)NC1CC1. The van der Waals surface area contributed by atoms with Gasteiger partial charge in [0.15, 0.2) is 0 Å². The maximum Gasteiger partial charge on any atom is 0.244 e. The smallest absolute Gasteiger partial charge is 0.244 e. The molecule has 2 aliphatic rings. The summed E-state index contributed by atoms with van der Waals surface area (Å²) in [6.07, 6.45) is 7.13. The molecule has 4 heteroatoms. The molecule has 1 aliphatic carbocycles. The summed E-state index contributed by atoms with van der Waals surface area (Å²) in [5.74, 6) is 0.156. The zero-order valence-corrected chi connectivity index (χ0v) is 11.3. The average molecular weight is 270 g/mol. The van der Waals surface area contributed by atoms with Crippen molar-refractivity contribution >= 4 is 23.6 Å². The molecule has 1 aromatic carbocycles. The second-order valence-electron chi connectivity index (χ2n) is 5.36. The fourth-order valence-electron chi connectivity index (χ4n) is 2.34. The Morgan fingerprint density at radius 2 is 2.00 bits per heavy atom. The molecule has 1 saturated carbocycles. The van der Waals surface area contributed by atoms with Gasteiger partial charge in [0.2, 0.25) is 11.8 Å². The molecule has 1 aromatic rings. The molecule has 20 heavy (non-hydrogen) atoms. The highest BCUT2D eigenvalue weighted by Crippen LogP contribution is 2.22. The van der Waals surface area contributed by atoms with Gasteiger partial charge < -0.3 is 10.2 Å². The third-order valence-electron chi connectivity index (χ3n) is 3.63. The highest BCUT2D eigenvalue weighted by molar-refractivity contribution is 5.95. The number of hydrogen-bond donors (Lipinski definition) is 1. The fourth-order valence-corrected chi connectivity index (χ4v) is 2.34. The molecule has 0 aromatic heterocycles. The number of nitrogens with zero attached hydrogens (tertiary/aromatic N) is 1. The zero-order chi connectivity index (χ0) is 13.9. The Bertz CT molecular complexity index is 544. The second kappa shape index (κ2) is 5.49. The van der Waals surface area contributed by atoms with E-state index in [0.717, 1.165) is 37.1 Å². The summed E-state index contributed by atoms with van der Waals surface area (Å²) in [6.45, 7) is 0.803. The quantitative estimate of drug-likeness (QED) is 0.852. The van der Waals surface area contributed by atoms with Crippen LogP contribution in [0.15, 0.2) is 30.3 Å². The van der Waals surface area contributed by atoms with Crippen molar-refractivity contribution < 1.29 is 9.59 Å². The maximum absolute atomic E-state index is 11.6. The van der Waals surface area contributed by atoms with Gasteiger partial charge in [-0.25, -0.2) is 0 Å². The van der Waals surface area contributed by atoms with Gasteiger partial charge in [0.25, 0.3) is 0 Å². The predicted octanol–water partition coefficient (Wildman–Crippen LogP) is 2.11. The molecule has 104 valence electrons. The van der Waals surface area contributed by atoms with E-state index in [1.165, 1.54) is 0 Å². The Morgan fingerprint density at radius 1 is 1.25 bits per heavy atom. The van der Waals surface area contributed by atoms with Crippen LogP contribution in [0, 0.1) is 0 Å². The van der Waals surface area contributed by atoms with Crippen LogP contribution in [-0.4, -0.2) is 24.4 Å². The molecule has 0 unspecified atom stereocenters. The molecule has 1 aliphatic heterocycles. The average Bonchev–Trinajstić information content (AvgIpc) is 3.16. The summed E-state index contributed by atoms with van der Waals surface area (Å²) in [5, 5.41) is 2.91. The van der Waals surface area contributed by atoms with E-state index in [1.54, 1.807) is 12.2 Å². The van der Waals surface area contributed by atoms with Crippen LogP contribution in [0.3, 0.4) is 0 Å². The number of benzene rings is 1. The number of anilines is 1. The first-order valence-electron chi connectivity index (χ1n) is 7.11. The van der Waals surface area contributed by atoms with Gasteiger partial charge >= 0.3 is 0 Å². The van der Waals surface area contributed by atoms with Crippen molar-refractivity contribution in [1.29, 1.82) is 0 Å². The number of carbonyl (C=O) groups excluding carboxylic acids is 2. The van der Waals surface area contributed by atoms with Gasteiger partial charge in [-0.2, -0.15) is 0 Å². The van der Waals surface area contributed by atoms with E-state index in [4.69, 9.17) is 0 Å². The highest BCUT2D eigenvalue weighted by Gasteiger charge is 2.22. The summed E-state index contributed by atoms with van der Waals surface area (Å²) in [4.78, 5) is 25.0. The van der Waals surface area contributed by atoms with Crippen LogP contribution in [0.4, 0.5) is 5.69 Å². The molecule has 0 spiro atoms. The number of carbonyl (C=O) groups is 2. The summed E-state index contributed by atoms with van der Waals surface area (Å²) in [5.41, 5.74) is 1.90. The lowest BCUT2D eigenvalue weighted by molar-refractivity contribution is -0.117. The number of nitrogens with one attached hydrogen (secondary N) is 1. The Balaban J connectivity index is 1.61. The summed E-state index contributed by atoms with van der Waals surface area (Å²) >= 11 is 0. The molecule has 3 rings (SSSR count). The molecular weight excluding hydrogens is 252 g/mol. The van der Waals surface area contributed by atoms with Gasteiger partial charge in [0, 0.05) is 30.8 Å². The molecule has 0 bridgehead atoms. The first-order valence-corrected chi connectivity index (χ1v) is 7.11. The normalized spacial score (nSPS) is 18.8. The minimum atomic E-state index is -0.0358. The topological polar surface area (TPSA) is 49.4 Å². The highest BCUT2D eigenvalue weighted by atomic mass is 16.2. The van der Waals surface area contributed by atoms with Gasteiger partial charge in [0.05, 0.1) is 0 Å². The van der Waals surface area contributed by atoms with Crippen LogP contribution >= 0.6 is 0 Å². The van der Waals surface area contributed by atoms with Gasteiger partial charge in [-0.05, 0) is 43.0 Å². The molecule has 2 amide bonds. The fraction of sp³-hybridized carbons (Fsp3) is 0.375. The van der Waals surface area contributed by atoms with Crippen molar-refractivity contribution in [2.75, 3.05) is 11.4 Å². The molecule has 0 atom stereocenters. The monoisotopic (exact) mass is 270 g/mol. The number of hydrogen-bond acceptors (Lipinski definition) is 2. The van der Waals surface area contributed by atoms with Crippen molar-refractivity contribution in [3.8, 4) is 0 Å². The second-order valence-corrected chi connectivity index (χ2v) is 5.36. The zero-order valence-electron chi connectivity index (χ0n) is 11.3. The van der Waals surface area contributed by atoms with Gasteiger partial charge in [-0.15, -0.1) is 0 Å². The van der Waals surface area contributed by atoms with Crippen LogP contribution < -0.4 is 10.2 Å². The number of amides is 2. The number of rotatable bonds is 4. The molecule has 1 saturated heterocycles. The first kappa shape index (κ1) is 12.9. The minimum Gasteiger partial charge on any atom is -0.350 e. The lowest BCUT2D eigenvalue weighted by Gasteiger charge is -2.15. The van der Waals surface area contributed by atoms with E-state index in [1.807, 2.05) is 29.2 Å². The van der Waals surface area contributed by atoms with E-state index in [-0.39, 0.29) is 11.8 Å². The largest absolute Gasteiger partial charge is 0.350 e. The van der Waals surface area contributed by atoms with E-state index in [9.17, 15) is 9.59 Å². The van der Waals surface area contributed by atoms with Crippen molar-refractivity contribution in [1.82, 2.24) is 5.32 Å². The molecule has 2 fully saturated rings. The lowest BCUT2D eigenvalue weighted by atomic mass is 10.2. The molecule has 1 N–H and O–H groups in total. The van der Waals surface area contributed by atoms with Gasteiger partial charge in [0.1, 0.15) is 0 Å². The third-order valence-corrected chi connectivity index (χ3v) is 3.63. The summed E-state index contributed by atoms with van der Waals surface area (Å²) < 4.78 is 0. The Labute approximate surface area is 118 Å². The molecule has 0 radical (unpaired) electrons. The Morgan fingerprint density at radius 3 is 2.60 bits per heavy atom. The van der Waals surface area contributed by atoms with Crippen molar-refractivity contribution in [3.05, 3.63) is 35.9 Å². The molecule has 1 heterocycles. The summed E-state index contributed by atoms with van der Waals surface area (Å²) in [6, 6.07) is 8.11. The van der Waals surface area contributed by atoms with Crippen molar-refractivity contribution in [3.63, 3.8) is 0 Å². The lowest BCUT2D eigenvalue weighted by Crippen LogP contribution is -2.23. The molecule has 4 nitrogen and oxygen atoms in total.